The van der Waals surface area contributed by atoms with E-state index in [0.29, 0.717) is 16.8 Å². The number of rotatable bonds is 7. The summed E-state index contributed by atoms with van der Waals surface area (Å²) < 4.78 is 5.47. The molecule has 2 amide bonds. The Bertz CT molecular complexity index is 1230. The number of primary amides is 1. The van der Waals surface area contributed by atoms with E-state index in [1.54, 1.807) is 30.5 Å². The maximum absolute atomic E-state index is 12.8. The minimum absolute atomic E-state index is 0.0152. The predicted octanol–water partition coefficient (Wildman–Crippen LogP) is 1.01. The fourth-order valence-corrected chi connectivity index (χ4v) is 3.09. The van der Waals surface area contributed by atoms with Gasteiger partial charge in [0.1, 0.15) is 17.3 Å². The van der Waals surface area contributed by atoms with Gasteiger partial charge in [-0.05, 0) is 18.2 Å². The molecule has 4 N–H and O–H groups in total. The average Bonchev–Trinajstić information content (AvgIpc) is 3.41. The summed E-state index contributed by atoms with van der Waals surface area (Å²) in [6.07, 6.45) is 3.05. The number of furan rings is 1. The number of benzene rings is 1. The van der Waals surface area contributed by atoms with Gasteiger partial charge in [0.15, 0.2) is 5.69 Å². The third-order valence-corrected chi connectivity index (χ3v) is 4.52. The molecule has 0 saturated heterocycles. The molecule has 4 aromatic rings. The van der Waals surface area contributed by atoms with Gasteiger partial charge < -0.3 is 15.5 Å². The quantitative estimate of drug-likeness (QED) is 0.388. The highest BCUT2D eigenvalue weighted by atomic mass is 16.3. The van der Waals surface area contributed by atoms with Crippen LogP contribution in [0.2, 0.25) is 0 Å². The molecule has 0 spiro atoms. The van der Waals surface area contributed by atoms with Crippen LogP contribution >= 0.6 is 0 Å². The van der Waals surface area contributed by atoms with Crippen molar-refractivity contribution in [1.82, 2.24) is 25.7 Å². The molecule has 10 nitrogen and oxygen atoms in total. The number of nitrogens with one attached hydrogen (secondary N) is 2. The molecule has 3 aromatic heterocycles. The number of pyridine rings is 1. The van der Waals surface area contributed by atoms with Crippen molar-refractivity contribution in [1.29, 1.82) is 0 Å². The van der Waals surface area contributed by atoms with Crippen molar-refractivity contribution in [2.24, 2.45) is 5.73 Å². The molecule has 4 rings (SSSR count). The second-order valence-corrected chi connectivity index (χ2v) is 6.45. The molecule has 0 fully saturated rings. The maximum Gasteiger partial charge on any atom is 0.287 e. The third-order valence-electron chi connectivity index (χ3n) is 4.52. The Labute approximate surface area is 169 Å². The van der Waals surface area contributed by atoms with Crippen LogP contribution in [0.1, 0.15) is 16.1 Å². The van der Waals surface area contributed by atoms with Crippen molar-refractivity contribution >= 4 is 28.6 Å². The van der Waals surface area contributed by atoms with E-state index in [9.17, 15) is 14.4 Å². The molecular formula is C20H16N6O4. The number of aromatic nitrogens is 4. The molecule has 0 bridgehead atoms. The van der Waals surface area contributed by atoms with E-state index < -0.39 is 23.6 Å². The van der Waals surface area contributed by atoms with Crippen molar-refractivity contribution in [3.8, 4) is 11.4 Å². The number of amides is 2. The number of carbonyl (C=O) groups is 3. The monoisotopic (exact) mass is 404 g/mol. The van der Waals surface area contributed by atoms with E-state index in [1.807, 2.05) is 18.2 Å². The van der Waals surface area contributed by atoms with Gasteiger partial charge in [0, 0.05) is 23.6 Å². The summed E-state index contributed by atoms with van der Waals surface area (Å²) in [6, 6.07) is 11.1. The van der Waals surface area contributed by atoms with Crippen molar-refractivity contribution in [3.63, 3.8) is 0 Å². The lowest BCUT2D eigenvalue weighted by atomic mass is 10.0. The Morgan fingerprint density at radius 2 is 1.90 bits per heavy atom. The minimum Gasteiger partial charge on any atom is -0.464 e. The van der Waals surface area contributed by atoms with Gasteiger partial charge in [0.2, 0.25) is 5.78 Å². The number of nitrogens with two attached hydrogens (primary N) is 1. The van der Waals surface area contributed by atoms with E-state index in [2.05, 4.69) is 25.7 Å². The van der Waals surface area contributed by atoms with Gasteiger partial charge in [-0.3, -0.25) is 19.4 Å². The number of ketones is 1. The summed E-state index contributed by atoms with van der Waals surface area (Å²) >= 11 is 0. The molecule has 30 heavy (non-hydrogen) atoms. The van der Waals surface area contributed by atoms with Crippen LogP contribution in [-0.2, 0) is 16.0 Å². The molecule has 1 atom stereocenters. The van der Waals surface area contributed by atoms with E-state index in [0.717, 1.165) is 5.39 Å². The molecule has 0 radical (unpaired) electrons. The van der Waals surface area contributed by atoms with Gasteiger partial charge in [-0.25, -0.2) is 0 Å². The summed E-state index contributed by atoms with van der Waals surface area (Å²) in [6.45, 7) is 0. The lowest BCUT2D eigenvalue weighted by molar-refractivity contribution is -0.137. The van der Waals surface area contributed by atoms with Gasteiger partial charge in [-0.1, -0.05) is 24.3 Å². The van der Waals surface area contributed by atoms with Gasteiger partial charge in [0.25, 0.3) is 11.8 Å². The van der Waals surface area contributed by atoms with E-state index >= 15 is 0 Å². The first-order chi connectivity index (χ1) is 14.5. The Hall–Kier alpha value is -4.34. The number of carbonyl (C=O) groups excluding carboxylic acids is 3. The molecule has 3 heterocycles. The summed E-state index contributed by atoms with van der Waals surface area (Å²) in [7, 11) is 0. The first-order valence-corrected chi connectivity index (χ1v) is 8.96. The van der Waals surface area contributed by atoms with E-state index in [4.69, 9.17) is 10.2 Å². The lowest BCUT2D eigenvalue weighted by Gasteiger charge is -2.15. The Balaban J connectivity index is 1.62. The normalized spacial score (nSPS) is 11.9. The number of H-pyrrole nitrogens is 1. The van der Waals surface area contributed by atoms with Crippen molar-refractivity contribution in [2.75, 3.05) is 0 Å². The Kier molecular flexibility index (Phi) is 5.04. The number of hydrogen-bond donors (Lipinski definition) is 3. The number of para-hydroxylation sites is 1. The molecule has 0 saturated carbocycles. The third kappa shape index (κ3) is 3.65. The molecule has 0 aliphatic heterocycles. The summed E-state index contributed by atoms with van der Waals surface area (Å²) in [4.78, 5) is 40.9. The van der Waals surface area contributed by atoms with Crippen LogP contribution in [0.3, 0.4) is 0 Å². The second-order valence-electron chi connectivity index (χ2n) is 6.45. The molecule has 150 valence electrons. The number of nitrogens with zero attached hydrogens (tertiary/aromatic N) is 3. The standard InChI is InChI=1S/C20H16N6O4/c21-19(28)18(27)14(9-11-10-30-15-7-2-1-5-12(11)15)23-20(29)17-16(24-26-25-17)13-6-3-4-8-22-13/h1-8,10,14H,9H2,(H2,21,28)(H,23,29)(H,24,25,26). The molecule has 1 aromatic carbocycles. The molecule has 0 aliphatic carbocycles. The van der Waals surface area contributed by atoms with Crippen molar-refractivity contribution < 1.29 is 18.8 Å². The second kappa shape index (κ2) is 7.95. The first kappa shape index (κ1) is 19.0. The highest BCUT2D eigenvalue weighted by Gasteiger charge is 2.29. The van der Waals surface area contributed by atoms with Crippen LogP contribution in [0.4, 0.5) is 0 Å². The minimum atomic E-state index is -1.20. The summed E-state index contributed by atoms with van der Waals surface area (Å²) in [5, 5.41) is 13.5. The van der Waals surface area contributed by atoms with E-state index in [-0.39, 0.29) is 17.8 Å². The Morgan fingerprint density at radius 1 is 1.10 bits per heavy atom. The molecule has 0 aliphatic rings. The summed E-state index contributed by atoms with van der Waals surface area (Å²) in [5.41, 5.74) is 7.04. The van der Waals surface area contributed by atoms with Crippen LogP contribution in [0.5, 0.6) is 0 Å². The topological polar surface area (TPSA) is 157 Å². The zero-order valence-corrected chi connectivity index (χ0v) is 15.5. The number of fused-ring (bicyclic) bond motifs is 1. The van der Waals surface area contributed by atoms with Crippen LogP contribution in [-0.4, -0.2) is 44.0 Å². The van der Waals surface area contributed by atoms with Crippen LogP contribution in [0.15, 0.2) is 59.3 Å². The van der Waals surface area contributed by atoms with Gasteiger partial charge in [-0.2, -0.15) is 15.4 Å². The SMILES string of the molecule is NC(=O)C(=O)C(Cc1coc2ccccc12)NC(=O)c1n[nH]nc1-c1ccccn1. The number of hydrogen-bond acceptors (Lipinski definition) is 7. The van der Waals surface area contributed by atoms with Gasteiger partial charge >= 0.3 is 0 Å². The van der Waals surface area contributed by atoms with Crippen molar-refractivity contribution in [3.05, 3.63) is 66.2 Å². The number of Topliss-reactive ketones (excluding diaryl/α,β-unsaturated/α-hetero) is 1. The maximum atomic E-state index is 12.8. The highest BCUT2D eigenvalue weighted by Crippen LogP contribution is 2.22. The fourth-order valence-electron chi connectivity index (χ4n) is 3.09. The summed E-state index contributed by atoms with van der Waals surface area (Å²) in [5.74, 6) is -2.79. The predicted molar refractivity (Wildman–Crippen MR) is 105 cm³/mol. The van der Waals surface area contributed by atoms with Gasteiger partial charge in [-0.15, -0.1) is 0 Å². The highest BCUT2D eigenvalue weighted by molar-refractivity contribution is 6.38. The smallest absolute Gasteiger partial charge is 0.287 e. The zero-order valence-electron chi connectivity index (χ0n) is 15.5. The molecular weight excluding hydrogens is 388 g/mol. The molecule has 1 unspecified atom stereocenters. The fraction of sp³-hybridized carbons (Fsp3) is 0.100. The molecule has 10 heteroatoms. The van der Waals surface area contributed by atoms with Gasteiger partial charge in [0.05, 0.1) is 12.0 Å². The lowest BCUT2D eigenvalue weighted by Crippen LogP contribution is -2.47. The largest absolute Gasteiger partial charge is 0.464 e. The van der Waals surface area contributed by atoms with Crippen molar-refractivity contribution in [2.45, 2.75) is 12.5 Å². The Morgan fingerprint density at radius 3 is 2.67 bits per heavy atom. The number of aromatic amines is 1. The average molecular weight is 404 g/mol. The van der Waals surface area contributed by atoms with Crippen LogP contribution in [0, 0.1) is 0 Å². The zero-order chi connectivity index (χ0) is 21.1. The first-order valence-electron chi connectivity index (χ1n) is 8.96. The van der Waals surface area contributed by atoms with E-state index in [1.165, 1.54) is 6.26 Å². The van der Waals surface area contributed by atoms with Crippen LogP contribution < -0.4 is 11.1 Å². The van der Waals surface area contributed by atoms with Crippen LogP contribution in [0.25, 0.3) is 22.4 Å².